The molecule has 0 aliphatic carbocycles. The van der Waals surface area contributed by atoms with Gasteiger partial charge in [0.25, 0.3) is 5.56 Å². The second-order valence-electron chi connectivity index (χ2n) is 5.59. The molecule has 19 heavy (non-hydrogen) atoms. The smallest absolute Gasteiger partial charge is 0.257 e. The number of hydrogen-bond acceptors (Lipinski definition) is 4. The molecule has 5 heteroatoms. The summed E-state index contributed by atoms with van der Waals surface area (Å²) in [5.41, 5.74) is 1.32. The van der Waals surface area contributed by atoms with Crippen LogP contribution in [0.3, 0.4) is 0 Å². The van der Waals surface area contributed by atoms with Crippen molar-refractivity contribution in [3.05, 3.63) is 35.0 Å². The second-order valence-corrected chi connectivity index (χ2v) is 5.59. The molecule has 5 nitrogen and oxygen atoms in total. The fraction of sp³-hybridized carbons (Fsp3) is 0.429. The van der Waals surface area contributed by atoms with Gasteiger partial charge in [-0.1, -0.05) is 0 Å². The SMILES string of the molecule is O=c1[nH]ccc2c(N3CCC4(COC4)C3)cncc12. The first-order chi connectivity index (χ1) is 9.27. The van der Waals surface area contributed by atoms with Gasteiger partial charge in [-0.25, -0.2) is 0 Å². The number of aromatic amines is 1. The quantitative estimate of drug-likeness (QED) is 0.832. The molecule has 2 aliphatic heterocycles. The first-order valence-electron chi connectivity index (χ1n) is 6.56. The Morgan fingerprint density at radius 1 is 1.32 bits per heavy atom. The number of aromatic nitrogens is 2. The van der Waals surface area contributed by atoms with E-state index in [-0.39, 0.29) is 5.56 Å². The number of fused-ring (bicyclic) bond motifs is 1. The van der Waals surface area contributed by atoms with E-state index in [2.05, 4.69) is 14.9 Å². The van der Waals surface area contributed by atoms with Gasteiger partial charge in [0.1, 0.15) is 0 Å². The van der Waals surface area contributed by atoms with Crippen LogP contribution in [0.2, 0.25) is 0 Å². The molecule has 0 atom stereocenters. The Kier molecular flexibility index (Phi) is 2.20. The molecular formula is C14H15N3O2. The Labute approximate surface area is 110 Å². The molecule has 0 unspecified atom stereocenters. The van der Waals surface area contributed by atoms with Crippen molar-refractivity contribution in [1.29, 1.82) is 0 Å². The Morgan fingerprint density at radius 3 is 2.95 bits per heavy atom. The summed E-state index contributed by atoms with van der Waals surface area (Å²) in [6.07, 6.45) is 6.36. The van der Waals surface area contributed by atoms with Crippen molar-refractivity contribution < 1.29 is 4.74 Å². The summed E-state index contributed by atoms with van der Waals surface area (Å²) in [6, 6.07) is 1.95. The summed E-state index contributed by atoms with van der Waals surface area (Å²) in [4.78, 5) is 21.1. The van der Waals surface area contributed by atoms with Gasteiger partial charge >= 0.3 is 0 Å². The molecule has 0 radical (unpaired) electrons. The topological polar surface area (TPSA) is 58.2 Å². The van der Waals surface area contributed by atoms with E-state index in [9.17, 15) is 4.79 Å². The number of pyridine rings is 2. The van der Waals surface area contributed by atoms with Gasteiger partial charge < -0.3 is 14.6 Å². The normalized spacial score (nSPS) is 20.9. The maximum absolute atomic E-state index is 11.8. The Morgan fingerprint density at radius 2 is 2.21 bits per heavy atom. The third-order valence-electron chi connectivity index (χ3n) is 4.27. The highest BCUT2D eigenvalue weighted by Gasteiger charge is 2.44. The number of H-pyrrole nitrogens is 1. The molecule has 0 amide bonds. The molecule has 2 fully saturated rings. The van der Waals surface area contributed by atoms with E-state index < -0.39 is 0 Å². The Bertz CT molecular complexity index is 690. The molecule has 4 rings (SSSR count). The predicted octanol–water partition coefficient (Wildman–Crippen LogP) is 1.15. The number of rotatable bonds is 1. The maximum Gasteiger partial charge on any atom is 0.257 e. The van der Waals surface area contributed by atoms with Gasteiger partial charge in [-0.3, -0.25) is 9.78 Å². The number of nitrogens with zero attached hydrogens (tertiary/aromatic N) is 2. The van der Waals surface area contributed by atoms with Crippen molar-refractivity contribution in [2.75, 3.05) is 31.2 Å². The van der Waals surface area contributed by atoms with Gasteiger partial charge in [0.15, 0.2) is 0 Å². The summed E-state index contributed by atoms with van der Waals surface area (Å²) in [5, 5.41) is 1.64. The highest BCUT2D eigenvalue weighted by atomic mass is 16.5. The molecule has 2 saturated heterocycles. The van der Waals surface area contributed by atoms with Crippen LogP contribution < -0.4 is 10.5 Å². The zero-order valence-electron chi connectivity index (χ0n) is 10.6. The van der Waals surface area contributed by atoms with E-state index in [1.807, 2.05) is 12.3 Å². The van der Waals surface area contributed by atoms with Gasteiger partial charge in [0.05, 0.1) is 30.5 Å². The summed E-state index contributed by atoms with van der Waals surface area (Å²) >= 11 is 0. The van der Waals surface area contributed by atoms with Crippen LogP contribution in [0.15, 0.2) is 29.5 Å². The van der Waals surface area contributed by atoms with Crippen LogP contribution in [0.5, 0.6) is 0 Å². The summed E-state index contributed by atoms with van der Waals surface area (Å²) in [5.74, 6) is 0. The Balaban J connectivity index is 1.79. The number of anilines is 1. The lowest BCUT2D eigenvalue weighted by molar-refractivity contribution is -0.0985. The van der Waals surface area contributed by atoms with Crippen LogP contribution in [-0.2, 0) is 4.74 Å². The summed E-state index contributed by atoms with van der Waals surface area (Å²) in [6.45, 7) is 3.74. The summed E-state index contributed by atoms with van der Waals surface area (Å²) in [7, 11) is 0. The molecule has 0 bridgehead atoms. The standard InChI is InChI=1S/C14H15N3O2/c18-13-11-5-15-6-12(10(11)1-3-16-13)17-4-2-14(7-17)8-19-9-14/h1,3,5-6H,2,4,7-9H2,(H,16,18). The van der Waals surface area contributed by atoms with E-state index in [1.54, 1.807) is 12.4 Å². The van der Waals surface area contributed by atoms with Gasteiger partial charge in [-0.15, -0.1) is 0 Å². The van der Waals surface area contributed by atoms with E-state index >= 15 is 0 Å². The second kappa shape index (κ2) is 3.81. The molecule has 2 aromatic rings. The lowest BCUT2D eigenvalue weighted by Gasteiger charge is -2.37. The average Bonchev–Trinajstić information content (AvgIpc) is 2.84. The van der Waals surface area contributed by atoms with E-state index in [4.69, 9.17) is 4.74 Å². The zero-order chi connectivity index (χ0) is 12.9. The molecule has 98 valence electrons. The van der Waals surface area contributed by atoms with Crippen molar-refractivity contribution in [3.63, 3.8) is 0 Å². The van der Waals surface area contributed by atoms with Crippen molar-refractivity contribution >= 4 is 16.5 Å². The third kappa shape index (κ3) is 1.58. The molecule has 2 aromatic heterocycles. The largest absolute Gasteiger partial charge is 0.380 e. The lowest BCUT2D eigenvalue weighted by atomic mass is 9.85. The molecule has 0 saturated carbocycles. The number of nitrogens with one attached hydrogen (secondary N) is 1. The van der Waals surface area contributed by atoms with Crippen molar-refractivity contribution in [3.8, 4) is 0 Å². The van der Waals surface area contributed by atoms with E-state index in [0.29, 0.717) is 10.8 Å². The summed E-state index contributed by atoms with van der Waals surface area (Å²) < 4.78 is 5.35. The zero-order valence-corrected chi connectivity index (χ0v) is 10.6. The minimum absolute atomic E-state index is 0.0762. The predicted molar refractivity (Wildman–Crippen MR) is 72.4 cm³/mol. The van der Waals surface area contributed by atoms with Crippen molar-refractivity contribution in [2.24, 2.45) is 5.41 Å². The fourth-order valence-electron chi connectivity index (χ4n) is 3.11. The van der Waals surface area contributed by atoms with Crippen LogP contribution in [-0.4, -0.2) is 36.3 Å². The van der Waals surface area contributed by atoms with Crippen LogP contribution in [0.4, 0.5) is 5.69 Å². The minimum Gasteiger partial charge on any atom is -0.380 e. The van der Waals surface area contributed by atoms with E-state index in [1.165, 1.54) is 0 Å². The molecule has 0 aromatic carbocycles. The third-order valence-corrected chi connectivity index (χ3v) is 4.27. The van der Waals surface area contributed by atoms with Crippen LogP contribution in [0, 0.1) is 5.41 Å². The highest BCUT2D eigenvalue weighted by molar-refractivity contribution is 5.92. The van der Waals surface area contributed by atoms with Gasteiger partial charge in [-0.2, -0.15) is 0 Å². The fourth-order valence-corrected chi connectivity index (χ4v) is 3.11. The first kappa shape index (κ1) is 11.0. The first-order valence-corrected chi connectivity index (χ1v) is 6.56. The Hall–Kier alpha value is -1.88. The number of ether oxygens (including phenoxy) is 1. The molecule has 2 aliphatic rings. The van der Waals surface area contributed by atoms with Crippen LogP contribution >= 0.6 is 0 Å². The molecule has 1 N–H and O–H groups in total. The minimum atomic E-state index is -0.0762. The molecular weight excluding hydrogens is 242 g/mol. The van der Waals surface area contributed by atoms with Crippen molar-refractivity contribution in [1.82, 2.24) is 9.97 Å². The molecule has 4 heterocycles. The maximum atomic E-state index is 11.8. The average molecular weight is 257 g/mol. The number of hydrogen-bond donors (Lipinski definition) is 1. The van der Waals surface area contributed by atoms with Gasteiger partial charge in [0.2, 0.25) is 0 Å². The van der Waals surface area contributed by atoms with Crippen LogP contribution in [0.1, 0.15) is 6.42 Å². The monoisotopic (exact) mass is 257 g/mol. The lowest BCUT2D eigenvalue weighted by Crippen LogP contribution is -2.44. The van der Waals surface area contributed by atoms with E-state index in [0.717, 1.165) is 43.8 Å². The van der Waals surface area contributed by atoms with Crippen LogP contribution in [0.25, 0.3) is 10.8 Å². The molecule has 1 spiro atoms. The van der Waals surface area contributed by atoms with Gasteiger partial charge in [0, 0.05) is 36.3 Å². The highest BCUT2D eigenvalue weighted by Crippen LogP contribution is 2.40. The van der Waals surface area contributed by atoms with Gasteiger partial charge in [-0.05, 0) is 12.5 Å². The van der Waals surface area contributed by atoms with Crippen molar-refractivity contribution in [2.45, 2.75) is 6.42 Å².